The molecule has 3 nitrogen and oxygen atoms in total. The van der Waals surface area contributed by atoms with Gasteiger partial charge in [0.05, 0.1) is 6.10 Å². The van der Waals surface area contributed by atoms with E-state index in [1.807, 2.05) is 6.07 Å². The highest BCUT2D eigenvalue weighted by atomic mass is 16.5. The van der Waals surface area contributed by atoms with E-state index >= 15 is 0 Å². The summed E-state index contributed by atoms with van der Waals surface area (Å²) in [4.78, 5) is 0. The van der Waals surface area contributed by atoms with Crippen LogP contribution in [0.2, 0.25) is 0 Å². The summed E-state index contributed by atoms with van der Waals surface area (Å²) in [5, 5.41) is 13.5. The summed E-state index contributed by atoms with van der Waals surface area (Å²) in [6, 6.07) is 6.19. The number of aliphatic hydroxyl groups is 1. The first-order valence-electron chi connectivity index (χ1n) is 8.18. The number of rotatable bonds is 11. The Balaban J connectivity index is 2.08. The molecule has 0 aliphatic heterocycles. The minimum absolute atomic E-state index is 0.377. The SMILES string of the molecule is CCCCOCCCNCCC(O)c1ccc(C)c(C)c1. The maximum Gasteiger partial charge on any atom is 0.0802 e. The second-order valence-corrected chi connectivity index (χ2v) is 5.72. The van der Waals surface area contributed by atoms with Crippen molar-refractivity contribution in [3.05, 3.63) is 34.9 Å². The average Bonchev–Trinajstić information content (AvgIpc) is 2.48. The molecule has 0 aromatic heterocycles. The average molecular weight is 293 g/mol. The van der Waals surface area contributed by atoms with Gasteiger partial charge >= 0.3 is 0 Å². The molecule has 3 heteroatoms. The van der Waals surface area contributed by atoms with E-state index in [0.29, 0.717) is 0 Å². The summed E-state index contributed by atoms with van der Waals surface area (Å²) in [5.41, 5.74) is 3.53. The molecule has 0 heterocycles. The fourth-order valence-corrected chi connectivity index (χ4v) is 2.15. The van der Waals surface area contributed by atoms with Crippen molar-refractivity contribution < 1.29 is 9.84 Å². The normalized spacial score (nSPS) is 12.6. The van der Waals surface area contributed by atoms with Crippen molar-refractivity contribution in [1.82, 2.24) is 5.32 Å². The molecular weight excluding hydrogens is 262 g/mol. The molecule has 1 rings (SSSR count). The summed E-state index contributed by atoms with van der Waals surface area (Å²) >= 11 is 0. The smallest absolute Gasteiger partial charge is 0.0802 e. The van der Waals surface area contributed by atoms with Crippen molar-refractivity contribution in [2.45, 2.75) is 52.6 Å². The van der Waals surface area contributed by atoms with Crippen molar-refractivity contribution in [2.75, 3.05) is 26.3 Å². The summed E-state index contributed by atoms with van der Waals surface area (Å²) in [7, 11) is 0. The van der Waals surface area contributed by atoms with E-state index in [4.69, 9.17) is 4.74 Å². The molecule has 1 atom stereocenters. The van der Waals surface area contributed by atoms with Gasteiger partial charge in [0, 0.05) is 13.2 Å². The highest BCUT2D eigenvalue weighted by molar-refractivity contribution is 5.31. The van der Waals surface area contributed by atoms with E-state index in [1.54, 1.807) is 0 Å². The Kier molecular flexibility index (Phi) is 9.31. The molecule has 120 valence electrons. The van der Waals surface area contributed by atoms with Crippen molar-refractivity contribution in [2.24, 2.45) is 0 Å². The Bertz CT molecular complexity index is 393. The first-order chi connectivity index (χ1) is 10.1. The molecule has 1 aromatic rings. The summed E-state index contributed by atoms with van der Waals surface area (Å²) in [5.74, 6) is 0. The minimum atomic E-state index is -0.377. The molecule has 0 bridgehead atoms. The first kappa shape index (κ1) is 18.1. The molecular formula is C18H31NO2. The molecule has 0 fully saturated rings. The third-order valence-electron chi connectivity index (χ3n) is 3.79. The summed E-state index contributed by atoms with van der Waals surface area (Å²) in [6.45, 7) is 9.84. The fraction of sp³-hybridized carbons (Fsp3) is 0.667. The van der Waals surface area contributed by atoms with Gasteiger partial charge < -0.3 is 15.2 Å². The van der Waals surface area contributed by atoms with Crippen LogP contribution in [0.5, 0.6) is 0 Å². The minimum Gasteiger partial charge on any atom is -0.388 e. The van der Waals surface area contributed by atoms with Crippen molar-refractivity contribution >= 4 is 0 Å². The lowest BCUT2D eigenvalue weighted by molar-refractivity contribution is 0.128. The quantitative estimate of drug-likeness (QED) is 0.613. The second kappa shape index (κ2) is 10.8. The van der Waals surface area contributed by atoms with Gasteiger partial charge in [0.1, 0.15) is 0 Å². The summed E-state index contributed by atoms with van der Waals surface area (Å²) < 4.78 is 5.51. The van der Waals surface area contributed by atoms with Crippen LogP contribution in [0.4, 0.5) is 0 Å². The topological polar surface area (TPSA) is 41.5 Å². The maximum absolute atomic E-state index is 10.2. The molecule has 0 aliphatic carbocycles. The van der Waals surface area contributed by atoms with Gasteiger partial charge in [-0.1, -0.05) is 31.5 Å². The Hall–Kier alpha value is -0.900. The molecule has 0 saturated carbocycles. The highest BCUT2D eigenvalue weighted by Gasteiger charge is 2.07. The zero-order valence-electron chi connectivity index (χ0n) is 13.8. The third kappa shape index (κ3) is 7.60. The Morgan fingerprint density at radius 3 is 2.57 bits per heavy atom. The van der Waals surface area contributed by atoms with Gasteiger partial charge in [-0.05, 0) is 62.9 Å². The van der Waals surface area contributed by atoms with E-state index in [2.05, 4.69) is 38.2 Å². The van der Waals surface area contributed by atoms with Crippen LogP contribution in [-0.2, 0) is 4.74 Å². The van der Waals surface area contributed by atoms with Gasteiger partial charge in [0.2, 0.25) is 0 Å². The van der Waals surface area contributed by atoms with Gasteiger partial charge in [-0.3, -0.25) is 0 Å². The van der Waals surface area contributed by atoms with Crippen LogP contribution in [0, 0.1) is 13.8 Å². The zero-order chi connectivity index (χ0) is 15.5. The Morgan fingerprint density at radius 2 is 1.86 bits per heavy atom. The molecule has 2 N–H and O–H groups in total. The van der Waals surface area contributed by atoms with Crippen molar-refractivity contribution in [3.63, 3.8) is 0 Å². The monoisotopic (exact) mass is 293 g/mol. The van der Waals surface area contributed by atoms with Crippen LogP contribution in [0.3, 0.4) is 0 Å². The highest BCUT2D eigenvalue weighted by Crippen LogP contribution is 2.19. The summed E-state index contributed by atoms with van der Waals surface area (Å²) in [6.07, 6.45) is 3.74. The van der Waals surface area contributed by atoms with Gasteiger partial charge in [-0.2, -0.15) is 0 Å². The number of hydrogen-bond donors (Lipinski definition) is 2. The van der Waals surface area contributed by atoms with E-state index in [0.717, 1.165) is 51.1 Å². The molecule has 0 saturated heterocycles. The molecule has 0 amide bonds. The van der Waals surface area contributed by atoms with E-state index in [-0.39, 0.29) is 6.10 Å². The number of aliphatic hydroxyl groups excluding tert-OH is 1. The van der Waals surface area contributed by atoms with Crippen LogP contribution < -0.4 is 5.32 Å². The standard InChI is InChI=1S/C18H31NO2/c1-4-5-12-21-13-6-10-19-11-9-18(20)17-8-7-15(2)16(3)14-17/h7-8,14,18-20H,4-6,9-13H2,1-3H3. The lowest BCUT2D eigenvalue weighted by Gasteiger charge is -2.13. The van der Waals surface area contributed by atoms with E-state index in [1.165, 1.54) is 17.5 Å². The van der Waals surface area contributed by atoms with Gasteiger partial charge in [-0.25, -0.2) is 0 Å². The zero-order valence-corrected chi connectivity index (χ0v) is 13.8. The number of ether oxygens (including phenoxy) is 1. The number of hydrogen-bond acceptors (Lipinski definition) is 3. The van der Waals surface area contributed by atoms with Crippen LogP contribution in [0.1, 0.15) is 55.4 Å². The van der Waals surface area contributed by atoms with Crippen molar-refractivity contribution in [1.29, 1.82) is 0 Å². The Labute approximate surface area is 129 Å². The van der Waals surface area contributed by atoms with Crippen LogP contribution in [-0.4, -0.2) is 31.4 Å². The Morgan fingerprint density at radius 1 is 1.10 bits per heavy atom. The van der Waals surface area contributed by atoms with Crippen molar-refractivity contribution in [3.8, 4) is 0 Å². The molecule has 0 aliphatic rings. The van der Waals surface area contributed by atoms with Crippen LogP contribution >= 0.6 is 0 Å². The first-order valence-corrected chi connectivity index (χ1v) is 8.18. The lowest BCUT2D eigenvalue weighted by Crippen LogP contribution is -2.20. The molecule has 0 radical (unpaired) electrons. The third-order valence-corrected chi connectivity index (χ3v) is 3.79. The van der Waals surface area contributed by atoms with Crippen LogP contribution in [0.25, 0.3) is 0 Å². The predicted octanol–water partition coefficient (Wildman–Crippen LogP) is 3.52. The largest absolute Gasteiger partial charge is 0.388 e. The number of aryl methyl sites for hydroxylation is 2. The number of benzene rings is 1. The predicted molar refractivity (Wildman–Crippen MR) is 88.7 cm³/mol. The van der Waals surface area contributed by atoms with Crippen LogP contribution in [0.15, 0.2) is 18.2 Å². The van der Waals surface area contributed by atoms with Gasteiger partial charge in [0.15, 0.2) is 0 Å². The fourth-order valence-electron chi connectivity index (χ4n) is 2.15. The van der Waals surface area contributed by atoms with E-state index in [9.17, 15) is 5.11 Å². The van der Waals surface area contributed by atoms with Gasteiger partial charge in [0.25, 0.3) is 0 Å². The molecule has 0 spiro atoms. The molecule has 1 aromatic carbocycles. The second-order valence-electron chi connectivity index (χ2n) is 5.72. The molecule has 21 heavy (non-hydrogen) atoms. The van der Waals surface area contributed by atoms with E-state index < -0.39 is 0 Å². The number of unbranched alkanes of at least 4 members (excludes halogenated alkanes) is 1. The van der Waals surface area contributed by atoms with Gasteiger partial charge in [-0.15, -0.1) is 0 Å². The number of nitrogens with one attached hydrogen (secondary N) is 1. The maximum atomic E-state index is 10.2. The lowest BCUT2D eigenvalue weighted by atomic mass is 10.0. The molecule has 1 unspecified atom stereocenters.